The normalized spacial score (nSPS) is 26.7. The number of hydrogen-bond donors (Lipinski definition) is 1. The summed E-state index contributed by atoms with van der Waals surface area (Å²) in [6.45, 7) is 6.05. The van der Waals surface area contributed by atoms with Gasteiger partial charge in [-0.25, -0.2) is 4.68 Å². The smallest absolute Gasteiger partial charge is 0.238 e. The van der Waals surface area contributed by atoms with E-state index < -0.39 is 0 Å². The van der Waals surface area contributed by atoms with Gasteiger partial charge in [0.1, 0.15) is 5.75 Å². The molecule has 1 N–H and O–H groups in total. The molecule has 0 spiro atoms. The van der Waals surface area contributed by atoms with Crippen molar-refractivity contribution in [3.63, 3.8) is 0 Å². The molecular formula is C28H33N5O2. The van der Waals surface area contributed by atoms with Crippen LogP contribution in [0.1, 0.15) is 61.9 Å². The highest BCUT2D eigenvalue weighted by molar-refractivity contribution is 5.91. The third-order valence-electron chi connectivity index (χ3n) is 8.56. The van der Waals surface area contributed by atoms with E-state index in [0.717, 1.165) is 40.4 Å². The number of hydrogen-bond acceptors (Lipinski definition) is 5. The van der Waals surface area contributed by atoms with E-state index in [1.807, 2.05) is 51.1 Å². The Hall–Kier alpha value is -3.22. The predicted octanol–water partition coefficient (Wildman–Crippen LogP) is 5.92. The first-order chi connectivity index (χ1) is 16.9. The van der Waals surface area contributed by atoms with Crippen molar-refractivity contribution in [2.24, 2.45) is 23.2 Å². The fourth-order valence-electron chi connectivity index (χ4n) is 7.20. The molecule has 4 bridgehead atoms. The van der Waals surface area contributed by atoms with Gasteiger partial charge in [0, 0.05) is 23.9 Å². The van der Waals surface area contributed by atoms with Crippen molar-refractivity contribution in [2.75, 3.05) is 5.32 Å². The molecule has 4 saturated carbocycles. The van der Waals surface area contributed by atoms with Crippen molar-refractivity contribution in [3.8, 4) is 17.4 Å². The minimum absolute atomic E-state index is 0.140. The maximum Gasteiger partial charge on any atom is 0.238 e. The number of aromatic nitrogens is 4. The molecule has 0 aliphatic heterocycles. The quantitative estimate of drug-likeness (QED) is 0.482. The molecule has 35 heavy (non-hydrogen) atoms. The van der Waals surface area contributed by atoms with Crippen LogP contribution in [0.25, 0.3) is 5.82 Å². The lowest BCUT2D eigenvalue weighted by Crippen LogP contribution is -2.47. The minimum atomic E-state index is 0.140. The van der Waals surface area contributed by atoms with Crippen LogP contribution in [-0.4, -0.2) is 25.9 Å². The fourth-order valence-corrected chi connectivity index (χ4v) is 7.20. The average molecular weight is 472 g/mol. The van der Waals surface area contributed by atoms with Gasteiger partial charge < -0.3 is 10.1 Å². The first-order valence-electron chi connectivity index (χ1n) is 12.8. The molecule has 4 fully saturated rings. The molecule has 182 valence electrons. The summed E-state index contributed by atoms with van der Waals surface area (Å²) in [6, 6.07) is 11.1. The van der Waals surface area contributed by atoms with E-state index in [1.54, 1.807) is 10.7 Å². The number of ether oxygens (including phenoxy) is 1. The fraction of sp³-hybridized carbons (Fsp3) is 0.500. The van der Waals surface area contributed by atoms with Gasteiger partial charge in [0.2, 0.25) is 11.8 Å². The van der Waals surface area contributed by atoms with Crippen LogP contribution in [0.2, 0.25) is 0 Å². The molecule has 2 heterocycles. The van der Waals surface area contributed by atoms with E-state index in [-0.39, 0.29) is 11.3 Å². The largest absolute Gasteiger partial charge is 0.438 e. The highest BCUT2D eigenvalue weighted by Gasteiger charge is 2.51. The van der Waals surface area contributed by atoms with Crippen LogP contribution in [0.4, 0.5) is 5.69 Å². The van der Waals surface area contributed by atoms with Crippen LogP contribution in [0, 0.1) is 43.9 Å². The minimum Gasteiger partial charge on any atom is -0.438 e. The monoisotopic (exact) mass is 471 g/mol. The Morgan fingerprint density at radius 2 is 1.63 bits per heavy atom. The topological polar surface area (TPSA) is 81.9 Å². The summed E-state index contributed by atoms with van der Waals surface area (Å²) in [5.74, 6) is 4.43. The van der Waals surface area contributed by atoms with Crippen molar-refractivity contribution >= 4 is 11.6 Å². The molecular weight excluding hydrogens is 438 g/mol. The van der Waals surface area contributed by atoms with Crippen LogP contribution in [0.3, 0.4) is 0 Å². The first kappa shape index (κ1) is 22.3. The number of nitrogens with one attached hydrogen (secondary N) is 1. The molecule has 0 saturated heterocycles. The Morgan fingerprint density at radius 3 is 2.17 bits per heavy atom. The Bertz CT molecular complexity index is 1210. The van der Waals surface area contributed by atoms with Gasteiger partial charge in [0.05, 0.1) is 5.69 Å². The van der Waals surface area contributed by atoms with Gasteiger partial charge in [-0.05, 0) is 118 Å². The number of amides is 1. The van der Waals surface area contributed by atoms with Crippen molar-refractivity contribution in [1.82, 2.24) is 20.0 Å². The lowest BCUT2D eigenvalue weighted by Gasteiger charge is -2.56. The Kier molecular flexibility index (Phi) is 5.38. The zero-order chi connectivity index (χ0) is 24.2. The maximum absolute atomic E-state index is 12.9. The summed E-state index contributed by atoms with van der Waals surface area (Å²) in [7, 11) is 0. The van der Waals surface area contributed by atoms with E-state index in [9.17, 15) is 4.79 Å². The number of rotatable bonds is 6. The van der Waals surface area contributed by atoms with Gasteiger partial charge in [-0.15, -0.1) is 10.2 Å². The zero-order valence-corrected chi connectivity index (χ0v) is 20.8. The summed E-state index contributed by atoms with van der Waals surface area (Å²) in [6.07, 6.45) is 8.60. The number of carbonyl (C=O) groups is 1. The molecule has 0 atom stereocenters. The van der Waals surface area contributed by atoms with Crippen molar-refractivity contribution < 1.29 is 9.53 Å². The van der Waals surface area contributed by atoms with Crippen molar-refractivity contribution in [2.45, 2.75) is 65.7 Å². The van der Waals surface area contributed by atoms with E-state index in [2.05, 4.69) is 20.6 Å². The van der Waals surface area contributed by atoms with E-state index in [0.29, 0.717) is 23.9 Å². The van der Waals surface area contributed by atoms with Crippen LogP contribution in [0.15, 0.2) is 36.4 Å². The summed E-state index contributed by atoms with van der Waals surface area (Å²) >= 11 is 0. The van der Waals surface area contributed by atoms with Crippen LogP contribution in [0.5, 0.6) is 11.6 Å². The molecule has 2 aromatic heterocycles. The standard InChI is InChI=1S/C28H33N5O2/c1-17-18(2)32-33(19(17)3)25-8-9-27(31-30-25)35-24-6-4-23(5-7-24)29-26(34)16-28-13-20-10-21(14-28)12-22(11-20)15-28/h4-9,20-22H,10-16H2,1-3H3,(H,29,34). The van der Waals surface area contributed by atoms with Gasteiger partial charge in [-0.3, -0.25) is 4.79 Å². The summed E-state index contributed by atoms with van der Waals surface area (Å²) in [5.41, 5.74) is 4.23. The van der Waals surface area contributed by atoms with E-state index >= 15 is 0 Å². The molecule has 7 heteroatoms. The molecule has 7 nitrogen and oxygen atoms in total. The Labute approximate surface area is 206 Å². The van der Waals surface area contributed by atoms with Crippen LogP contribution in [-0.2, 0) is 4.79 Å². The van der Waals surface area contributed by atoms with Gasteiger partial charge in [0.25, 0.3) is 0 Å². The lowest BCUT2D eigenvalue weighted by molar-refractivity contribution is -0.124. The third kappa shape index (κ3) is 4.32. The molecule has 4 aliphatic rings. The van der Waals surface area contributed by atoms with Crippen LogP contribution < -0.4 is 10.1 Å². The second-order valence-electron chi connectivity index (χ2n) is 11.2. The number of anilines is 1. The third-order valence-corrected chi connectivity index (χ3v) is 8.56. The molecule has 4 aliphatic carbocycles. The number of nitrogens with zero attached hydrogens (tertiary/aromatic N) is 4. The maximum atomic E-state index is 12.9. The second kappa shape index (κ2) is 8.47. The zero-order valence-electron chi connectivity index (χ0n) is 20.8. The molecule has 1 amide bonds. The first-order valence-corrected chi connectivity index (χ1v) is 12.8. The Balaban J connectivity index is 1.06. The molecule has 0 unspecified atom stereocenters. The second-order valence-corrected chi connectivity index (χ2v) is 11.2. The van der Waals surface area contributed by atoms with Crippen molar-refractivity contribution in [1.29, 1.82) is 0 Å². The molecule has 3 aromatic rings. The Morgan fingerprint density at radius 1 is 0.971 bits per heavy atom. The lowest BCUT2D eigenvalue weighted by atomic mass is 9.49. The number of aryl methyl sites for hydroxylation is 1. The van der Waals surface area contributed by atoms with Gasteiger partial charge in [-0.1, -0.05) is 0 Å². The van der Waals surface area contributed by atoms with Gasteiger partial charge in [-0.2, -0.15) is 5.10 Å². The highest BCUT2D eigenvalue weighted by atomic mass is 16.5. The van der Waals surface area contributed by atoms with Gasteiger partial charge >= 0.3 is 0 Å². The summed E-state index contributed by atoms with van der Waals surface area (Å²) in [5, 5.41) is 16.1. The number of benzene rings is 1. The summed E-state index contributed by atoms with van der Waals surface area (Å²) in [4.78, 5) is 12.9. The number of carbonyl (C=O) groups excluding carboxylic acids is 1. The SMILES string of the molecule is Cc1nn(-c2ccc(Oc3ccc(NC(=O)CC45CC6CC(CC(C6)C4)C5)cc3)nn2)c(C)c1C. The molecule has 0 radical (unpaired) electrons. The van der Waals surface area contributed by atoms with Gasteiger partial charge in [0.15, 0.2) is 5.82 Å². The highest BCUT2D eigenvalue weighted by Crippen LogP contribution is 2.61. The molecule has 1 aromatic carbocycles. The van der Waals surface area contributed by atoms with E-state index in [1.165, 1.54) is 38.5 Å². The van der Waals surface area contributed by atoms with Crippen molar-refractivity contribution in [3.05, 3.63) is 53.3 Å². The van der Waals surface area contributed by atoms with Crippen LogP contribution >= 0.6 is 0 Å². The predicted molar refractivity (Wildman–Crippen MR) is 134 cm³/mol. The average Bonchev–Trinajstić information content (AvgIpc) is 3.07. The summed E-state index contributed by atoms with van der Waals surface area (Å²) < 4.78 is 7.66. The van der Waals surface area contributed by atoms with E-state index in [4.69, 9.17) is 4.74 Å². The molecule has 7 rings (SSSR count).